The molecule has 0 fully saturated rings. The molecule has 3 aromatic rings. The number of carbonyl (C=O) groups is 1. The Kier molecular flexibility index (Phi) is 7.14. The lowest BCUT2D eigenvalue weighted by Crippen LogP contribution is -2.29. The Morgan fingerprint density at radius 3 is 2.61 bits per heavy atom. The van der Waals surface area contributed by atoms with Crippen LogP contribution in [0.4, 0.5) is 17.3 Å². The molecule has 0 saturated heterocycles. The van der Waals surface area contributed by atoms with E-state index in [2.05, 4.69) is 31.1 Å². The van der Waals surface area contributed by atoms with Crippen LogP contribution in [-0.2, 0) is 11.2 Å². The number of halogens is 1. The molecule has 0 spiro atoms. The number of aromatic nitrogens is 3. The minimum absolute atomic E-state index is 0.00359. The highest BCUT2D eigenvalue weighted by molar-refractivity contribution is 6.30. The third-order valence-electron chi connectivity index (χ3n) is 3.88. The van der Waals surface area contributed by atoms with Gasteiger partial charge in [-0.15, -0.1) is 10.2 Å². The van der Waals surface area contributed by atoms with Crippen LogP contribution in [0.1, 0.15) is 12.0 Å². The van der Waals surface area contributed by atoms with E-state index in [1.54, 1.807) is 12.4 Å². The van der Waals surface area contributed by atoms with E-state index in [4.69, 9.17) is 11.6 Å². The lowest BCUT2D eigenvalue weighted by molar-refractivity contribution is -0.120. The van der Waals surface area contributed by atoms with Crippen molar-refractivity contribution in [3.63, 3.8) is 0 Å². The minimum Gasteiger partial charge on any atom is -0.367 e. The van der Waals surface area contributed by atoms with Gasteiger partial charge in [-0.3, -0.25) is 9.78 Å². The molecule has 0 aliphatic heterocycles. The van der Waals surface area contributed by atoms with E-state index in [0.29, 0.717) is 42.6 Å². The molecule has 144 valence electrons. The first-order valence-electron chi connectivity index (χ1n) is 8.95. The van der Waals surface area contributed by atoms with Crippen molar-refractivity contribution in [1.82, 2.24) is 20.5 Å². The predicted octanol–water partition coefficient (Wildman–Crippen LogP) is 3.43. The number of amides is 1. The summed E-state index contributed by atoms with van der Waals surface area (Å²) in [5.74, 6) is 1.28. The fourth-order valence-electron chi connectivity index (χ4n) is 2.51. The zero-order chi connectivity index (χ0) is 19.6. The molecule has 2 heterocycles. The summed E-state index contributed by atoms with van der Waals surface area (Å²) in [5.41, 5.74) is 1.90. The molecule has 0 bridgehead atoms. The molecule has 28 heavy (non-hydrogen) atoms. The highest BCUT2D eigenvalue weighted by Gasteiger charge is 2.03. The SMILES string of the molecule is O=C(CCc1cccc(Cl)c1)NCCNc1ccc(Nc2cccnc2)nn1. The Morgan fingerprint density at radius 1 is 1.00 bits per heavy atom. The summed E-state index contributed by atoms with van der Waals surface area (Å²) < 4.78 is 0. The lowest BCUT2D eigenvalue weighted by Gasteiger charge is -2.08. The number of benzene rings is 1. The van der Waals surface area contributed by atoms with Gasteiger partial charge in [0.15, 0.2) is 5.82 Å². The van der Waals surface area contributed by atoms with E-state index in [9.17, 15) is 4.79 Å². The van der Waals surface area contributed by atoms with Gasteiger partial charge in [-0.1, -0.05) is 23.7 Å². The summed E-state index contributed by atoms with van der Waals surface area (Å²) in [4.78, 5) is 16.0. The van der Waals surface area contributed by atoms with Crippen LogP contribution < -0.4 is 16.0 Å². The minimum atomic E-state index is 0.00359. The van der Waals surface area contributed by atoms with Gasteiger partial charge in [0.05, 0.1) is 11.9 Å². The van der Waals surface area contributed by atoms with Crippen molar-refractivity contribution in [2.24, 2.45) is 0 Å². The first-order chi connectivity index (χ1) is 13.7. The third-order valence-corrected chi connectivity index (χ3v) is 4.12. The van der Waals surface area contributed by atoms with Crippen LogP contribution in [0.5, 0.6) is 0 Å². The number of nitrogens with zero attached hydrogens (tertiary/aromatic N) is 3. The lowest BCUT2D eigenvalue weighted by atomic mass is 10.1. The van der Waals surface area contributed by atoms with Gasteiger partial charge in [0, 0.05) is 30.7 Å². The molecular weight excluding hydrogens is 376 g/mol. The molecule has 0 atom stereocenters. The van der Waals surface area contributed by atoms with E-state index >= 15 is 0 Å². The quantitative estimate of drug-likeness (QED) is 0.480. The average Bonchev–Trinajstić information content (AvgIpc) is 2.72. The maximum Gasteiger partial charge on any atom is 0.220 e. The summed E-state index contributed by atoms with van der Waals surface area (Å²) in [6.45, 7) is 1.07. The monoisotopic (exact) mass is 396 g/mol. The summed E-state index contributed by atoms with van der Waals surface area (Å²) >= 11 is 5.94. The molecule has 0 aliphatic rings. The number of nitrogens with one attached hydrogen (secondary N) is 3. The number of aryl methyl sites for hydroxylation is 1. The van der Waals surface area contributed by atoms with Gasteiger partial charge in [0.1, 0.15) is 5.82 Å². The van der Waals surface area contributed by atoms with E-state index in [-0.39, 0.29) is 5.91 Å². The number of pyridine rings is 1. The number of hydrogen-bond acceptors (Lipinski definition) is 6. The molecule has 2 aromatic heterocycles. The number of anilines is 3. The van der Waals surface area contributed by atoms with Crippen molar-refractivity contribution in [3.05, 3.63) is 71.5 Å². The first-order valence-corrected chi connectivity index (χ1v) is 9.32. The Bertz CT molecular complexity index is 889. The topological polar surface area (TPSA) is 91.8 Å². The van der Waals surface area contributed by atoms with E-state index in [0.717, 1.165) is 11.3 Å². The second-order valence-corrected chi connectivity index (χ2v) is 6.51. The molecule has 3 N–H and O–H groups in total. The van der Waals surface area contributed by atoms with Crippen LogP contribution in [-0.4, -0.2) is 34.2 Å². The highest BCUT2D eigenvalue weighted by atomic mass is 35.5. The van der Waals surface area contributed by atoms with Gasteiger partial charge in [0.2, 0.25) is 5.91 Å². The maximum atomic E-state index is 11.9. The van der Waals surface area contributed by atoms with E-state index in [1.165, 1.54) is 0 Å². The number of carbonyl (C=O) groups excluding carboxylic acids is 1. The summed E-state index contributed by atoms with van der Waals surface area (Å²) in [6.07, 6.45) is 4.51. The number of rotatable bonds is 9. The van der Waals surface area contributed by atoms with Crippen molar-refractivity contribution in [3.8, 4) is 0 Å². The fourth-order valence-corrected chi connectivity index (χ4v) is 2.72. The molecule has 0 saturated carbocycles. The van der Waals surface area contributed by atoms with Crippen molar-refractivity contribution < 1.29 is 4.79 Å². The van der Waals surface area contributed by atoms with Gasteiger partial charge in [-0.2, -0.15) is 0 Å². The molecular formula is C20H21ClN6O. The summed E-state index contributed by atoms with van der Waals surface area (Å²) in [5, 5.41) is 18.0. The van der Waals surface area contributed by atoms with Crippen molar-refractivity contribution in [1.29, 1.82) is 0 Å². The average molecular weight is 397 g/mol. The second kappa shape index (κ2) is 10.2. The molecule has 1 aromatic carbocycles. The van der Waals surface area contributed by atoms with Crippen LogP contribution >= 0.6 is 11.6 Å². The molecule has 0 unspecified atom stereocenters. The van der Waals surface area contributed by atoms with Gasteiger partial charge >= 0.3 is 0 Å². The zero-order valence-electron chi connectivity index (χ0n) is 15.2. The van der Waals surface area contributed by atoms with Gasteiger partial charge in [-0.25, -0.2) is 0 Å². The van der Waals surface area contributed by atoms with E-state index in [1.807, 2.05) is 48.5 Å². The van der Waals surface area contributed by atoms with Crippen LogP contribution in [0.15, 0.2) is 60.9 Å². The Hall–Kier alpha value is -3.19. The molecule has 3 rings (SSSR count). The first kappa shape index (κ1) is 19.6. The van der Waals surface area contributed by atoms with Crippen molar-refractivity contribution in [2.75, 3.05) is 23.7 Å². The molecule has 1 amide bonds. The normalized spacial score (nSPS) is 10.3. The summed E-state index contributed by atoms with van der Waals surface area (Å²) in [6, 6.07) is 14.9. The largest absolute Gasteiger partial charge is 0.367 e. The molecule has 7 nitrogen and oxygen atoms in total. The molecule has 0 aliphatic carbocycles. The molecule has 8 heteroatoms. The van der Waals surface area contributed by atoms with Gasteiger partial charge in [0.25, 0.3) is 0 Å². The van der Waals surface area contributed by atoms with Gasteiger partial charge < -0.3 is 16.0 Å². The zero-order valence-corrected chi connectivity index (χ0v) is 16.0. The second-order valence-electron chi connectivity index (χ2n) is 6.08. The van der Waals surface area contributed by atoms with Crippen molar-refractivity contribution >= 4 is 34.8 Å². The Balaban J connectivity index is 1.34. The van der Waals surface area contributed by atoms with Crippen LogP contribution in [0, 0.1) is 0 Å². The van der Waals surface area contributed by atoms with Crippen LogP contribution in [0.3, 0.4) is 0 Å². The Labute approximate surface area is 168 Å². The number of hydrogen-bond donors (Lipinski definition) is 3. The predicted molar refractivity (Wildman–Crippen MR) is 111 cm³/mol. The Morgan fingerprint density at radius 2 is 1.86 bits per heavy atom. The van der Waals surface area contributed by atoms with Crippen LogP contribution in [0.25, 0.3) is 0 Å². The fraction of sp³-hybridized carbons (Fsp3) is 0.200. The van der Waals surface area contributed by atoms with E-state index < -0.39 is 0 Å². The summed E-state index contributed by atoms with van der Waals surface area (Å²) in [7, 11) is 0. The standard InChI is InChI=1S/C20H21ClN6O/c21-16-4-1-3-15(13-16)6-9-20(28)24-12-11-23-18-7-8-19(27-26-18)25-17-5-2-10-22-14-17/h1-5,7-8,10,13-14H,6,9,11-12H2,(H,23,26)(H,24,28)(H,25,27). The van der Waals surface area contributed by atoms with Gasteiger partial charge in [-0.05, 0) is 48.4 Å². The third kappa shape index (κ3) is 6.51. The maximum absolute atomic E-state index is 11.9. The van der Waals surface area contributed by atoms with Crippen LogP contribution in [0.2, 0.25) is 5.02 Å². The highest BCUT2D eigenvalue weighted by Crippen LogP contribution is 2.13. The molecule has 0 radical (unpaired) electrons. The van der Waals surface area contributed by atoms with Crippen molar-refractivity contribution in [2.45, 2.75) is 12.8 Å². The smallest absolute Gasteiger partial charge is 0.220 e.